The number of nitrogens with two attached hydrogens (primary N) is 1. The fourth-order valence-electron chi connectivity index (χ4n) is 2.85. The standard InChI is InChI=1S/C14H21N3O3S/c1-2-16(11-6-7-11)14(18)13-8-12(21(15,19)20)9-17(13)10-4-3-5-10/h8-11H,2-7H2,1H3,(H2,15,19,20). The van der Waals surface area contributed by atoms with Crippen molar-refractivity contribution in [2.24, 2.45) is 5.14 Å². The van der Waals surface area contributed by atoms with Crippen LogP contribution in [0.15, 0.2) is 17.2 Å². The number of primary sulfonamides is 1. The second-order valence-electron chi connectivity index (χ2n) is 5.92. The Hall–Kier alpha value is -1.34. The van der Waals surface area contributed by atoms with Crippen LogP contribution in [0.2, 0.25) is 0 Å². The fraction of sp³-hybridized carbons (Fsp3) is 0.643. The minimum atomic E-state index is -3.78. The molecule has 2 N–H and O–H groups in total. The van der Waals surface area contributed by atoms with Crippen LogP contribution in [0.4, 0.5) is 0 Å². The zero-order valence-corrected chi connectivity index (χ0v) is 13.0. The van der Waals surface area contributed by atoms with Crippen molar-refractivity contribution >= 4 is 15.9 Å². The van der Waals surface area contributed by atoms with E-state index in [1.807, 2.05) is 16.4 Å². The molecule has 0 radical (unpaired) electrons. The Morgan fingerprint density at radius 3 is 2.48 bits per heavy atom. The van der Waals surface area contributed by atoms with Crippen LogP contribution in [0.1, 0.15) is 55.6 Å². The highest BCUT2D eigenvalue weighted by atomic mass is 32.2. The maximum absolute atomic E-state index is 12.7. The maximum Gasteiger partial charge on any atom is 0.270 e. The number of rotatable bonds is 5. The fourth-order valence-corrected chi connectivity index (χ4v) is 3.39. The molecular formula is C14H21N3O3S. The van der Waals surface area contributed by atoms with E-state index in [2.05, 4.69) is 0 Å². The van der Waals surface area contributed by atoms with Gasteiger partial charge in [-0.25, -0.2) is 13.6 Å². The van der Waals surface area contributed by atoms with E-state index in [9.17, 15) is 13.2 Å². The lowest BCUT2D eigenvalue weighted by Gasteiger charge is -2.30. The minimum Gasteiger partial charge on any atom is -0.339 e. The summed E-state index contributed by atoms with van der Waals surface area (Å²) in [7, 11) is -3.78. The Balaban J connectivity index is 1.98. The molecule has 0 atom stereocenters. The topological polar surface area (TPSA) is 85.4 Å². The number of hydrogen-bond donors (Lipinski definition) is 1. The monoisotopic (exact) mass is 311 g/mol. The average molecular weight is 311 g/mol. The summed E-state index contributed by atoms with van der Waals surface area (Å²) in [6.07, 6.45) is 6.66. The number of aromatic nitrogens is 1. The molecule has 21 heavy (non-hydrogen) atoms. The van der Waals surface area contributed by atoms with Crippen molar-refractivity contribution in [2.45, 2.75) is 56.0 Å². The molecule has 0 aromatic carbocycles. The van der Waals surface area contributed by atoms with Gasteiger partial charge in [0, 0.05) is 24.8 Å². The van der Waals surface area contributed by atoms with Gasteiger partial charge in [-0.2, -0.15) is 0 Å². The number of hydrogen-bond acceptors (Lipinski definition) is 3. The van der Waals surface area contributed by atoms with Gasteiger partial charge in [0.25, 0.3) is 5.91 Å². The van der Waals surface area contributed by atoms with Crippen LogP contribution in [0, 0.1) is 0 Å². The number of sulfonamides is 1. The van der Waals surface area contributed by atoms with Crippen molar-refractivity contribution in [3.05, 3.63) is 18.0 Å². The minimum absolute atomic E-state index is 0.0320. The smallest absolute Gasteiger partial charge is 0.270 e. The molecule has 2 fully saturated rings. The lowest BCUT2D eigenvalue weighted by molar-refractivity contribution is 0.0735. The van der Waals surface area contributed by atoms with Gasteiger partial charge in [0.1, 0.15) is 10.6 Å². The Labute approximate surface area is 125 Å². The largest absolute Gasteiger partial charge is 0.339 e. The quantitative estimate of drug-likeness (QED) is 0.894. The highest BCUT2D eigenvalue weighted by Crippen LogP contribution is 2.35. The molecule has 0 aliphatic heterocycles. The Kier molecular flexibility index (Phi) is 3.57. The molecule has 7 heteroatoms. The lowest BCUT2D eigenvalue weighted by atomic mass is 9.93. The molecule has 2 aliphatic carbocycles. The summed E-state index contributed by atoms with van der Waals surface area (Å²) in [6, 6.07) is 1.96. The van der Waals surface area contributed by atoms with Crippen molar-refractivity contribution in [2.75, 3.05) is 6.54 Å². The summed E-state index contributed by atoms with van der Waals surface area (Å²) >= 11 is 0. The molecule has 1 heterocycles. The van der Waals surface area contributed by atoms with E-state index in [0.29, 0.717) is 18.3 Å². The predicted octanol–water partition coefficient (Wildman–Crippen LogP) is 1.48. The first kappa shape index (κ1) is 14.6. The van der Waals surface area contributed by atoms with Gasteiger partial charge < -0.3 is 9.47 Å². The summed E-state index contributed by atoms with van der Waals surface area (Å²) in [5.74, 6) is -0.0817. The van der Waals surface area contributed by atoms with Crippen LogP contribution in [-0.4, -0.2) is 36.4 Å². The van der Waals surface area contributed by atoms with Gasteiger partial charge in [0.2, 0.25) is 10.0 Å². The predicted molar refractivity (Wildman–Crippen MR) is 78.4 cm³/mol. The highest BCUT2D eigenvalue weighted by molar-refractivity contribution is 7.89. The molecule has 1 amide bonds. The summed E-state index contributed by atoms with van der Waals surface area (Å²) in [5.41, 5.74) is 0.456. The Morgan fingerprint density at radius 2 is 2.05 bits per heavy atom. The third-order valence-electron chi connectivity index (χ3n) is 4.43. The molecule has 0 unspecified atom stereocenters. The van der Waals surface area contributed by atoms with Crippen LogP contribution >= 0.6 is 0 Å². The van der Waals surface area contributed by atoms with Crippen molar-refractivity contribution in [1.82, 2.24) is 9.47 Å². The van der Waals surface area contributed by atoms with Gasteiger partial charge in [0.15, 0.2) is 0 Å². The normalized spacial score (nSPS) is 19.3. The maximum atomic E-state index is 12.7. The molecule has 0 saturated heterocycles. The second kappa shape index (κ2) is 5.14. The molecule has 2 saturated carbocycles. The van der Waals surface area contributed by atoms with E-state index in [0.717, 1.165) is 32.1 Å². The first-order valence-corrected chi connectivity index (χ1v) is 9.02. The van der Waals surface area contributed by atoms with Crippen LogP contribution in [0.5, 0.6) is 0 Å². The van der Waals surface area contributed by atoms with Gasteiger partial charge in [-0.15, -0.1) is 0 Å². The van der Waals surface area contributed by atoms with Gasteiger partial charge in [-0.3, -0.25) is 4.79 Å². The zero-order valence-electron chi connectivity index (χ0n) is 12.2. The Bertz CT molecular complexity index is 657. The van der Waals surface area contributed by atoms with Crippen molar-refractivity contribution in [3.8, 4) is 0 Å². The van der Waals surface area contributed by atoms with Crippen LogP contribution in [-0.2, 0) is 10.0 Å². The van der Waals surface area contributed by atoms with Crippen molar-refractivity contribution < 1.29 is 13.2 Å². The van der Waals surface area contributed by atoms with Crippen LogP contribution in [0.25, 0.3) is 0 Å². The molecule has 116 valence electrons. The summed E-state index contributed by atoms with van der Waals surface area (Å²) in [4.78, 5) is 14.6. The van der Waals surface area contributed by atoms with E-state index in [-0.39, 0.29) is 16.8 Å². The van der Waals surface area contributed by atoms with Gasteiger partial charge in [0.05, 0.1) is 0 Å². The summed E-state index contributed by atoms with van der Waals surface area (Å²) in [6.45, 7) is 2.59. The third-order valence-corrected chi connectivity index (χ3v) is 5.31. The molecule has 3 rings (SSSR count). The Morgan fingerprint density at radius 1 is 1.38 bits per heavy atom. The lowest BCUT2D eigenvalue weighted by Crippen LogP contribution is -2.35. The van der Waals surface area contributed by atoms with Gasteiger partial charge >= 0.3 is 0 Å². The van der Waals surface area contributed by atoms with E-state index >= 15 is 0 Å². The van der Waals surface area contributed by atoms with E-state index < -0.39 is 10.0 Å². The average Bonchev–Trinajstić information content (AvgIpc) is 3.06. The number of carbonyl (C=O) groups excluding carboxylic acids is 1. The number of nitrogens with zero attached hydrogens (tertiary/aromatic N) is 2. The van der Waals surface area contributed by atoms with Gasteiger partial charge in [-0.05, 0) is 45.1 Å². The highest BCUT2D eigenvalue weighted by Gasteiger charge is 2.35. The third kappa shape index (κ3) is 2.72. The van der Waals surface area contributed by atoms with Crippen LogP contribution in [0.3, 0.4) is 0 Å². The first-order valence-electron chi connectivity index (χ1n) is 7.47. The van der Waals surface area contributed by atoms with E-state index in [1.54, 1.807) is 0 Å². The van der Waals surface area contributed by atoms with Crippen LogP contribution < -0.4 is 5.14 Å². The van der Waals surface area contributed by atoms with Crippen molar-refractivity contribution in [1.29, 1.82) is 0 Å². The number of amides is 1. The summed E-state index contributed by atoms with van der Waals surface area (Å²) < 4.78 is 25.0. The molecule has 6 nitrogen and oxygen atoms in total. The second-order valence-corrected chi connectivity index (χ2v) is 7.48. The van der Waals surface area contributed by atoms with E-state index in [1.165, 1.54) is 12.3 Å². The van der Waals surface area contributed by atoms with Crippen molar-refractivity contribution in [3.63, 3.8) is 0 Å². The first-order chi connectivity index (χ1) is 9.91. The molecular weight excluding hydrogens is 290 g/mol. The molecule has 0 spiro atoms. The van der Waals surface area contributed by atoms with Gasteiger partial charge in [-0.1, -0.05) is 0 Å². The molecule has 1 aromatic heterocycles. The van der Waals surface area contributed by atoms with E-state index in [4.69, 9.17) is 5.14 Å². The summed E-state index contributed by atoms with van der Waals surface area (Å²) in [5, 5.41) is 5.21. The number of carbonyl (C=O) groups is 1. The molecule has 1 aromatic rings. The molecule has 2 aliphatic rings. The zero-order chi connectivity index (χ0) is 15.2. The SMILES string of the molecule is CCN(C(=O)c1cc(S(N)(=O)=O)cn1C1CCC1)C1CC1. The molecule has 0 bridgehead atoms.